The molecule has 1 atom stereocenters. The van der Waals surface area contributed by atoms with Gasteiger partial charge in [-0.3, -0.25) is 9.59 Å². The molecule has 5 rings (SSSR count). The first-order valence-electron chi connectivity index (χ1n) is 13.3. The van der Waals surface area contributed by atoms with Crippen LogP contribution in [0, 0.1) is 5.41 Å². The molecule has 2 heterocycles. The molecule has 0 spiro atoms. The number of amides is 2. The van der Waals surface area contributed by atoms with Crippen LogP contribution in [0.4, 0.5) is 24.5 Å². The number of hydrogen-bond acceptors (Lipinski definition) is 5. The lowest BCUT2D eigenvalue weighted by molar-refractivity contribution is -0.137. The predicted molar refractivity (Wildman–Crippen MR) is 152 cm³/mol. The Bertz CT molecular complexity index is 1540. The van der Waals surface area contributed by atoms with Gasteiger partial charge in [0.25, 0.3) is 5.91 Å². The number of carbonyl (C=O) groups is 2. The molecule has 2 aliphatic rings. The lowest BCUT2D eigenvalue weighted by Gasteiger charge is -2.37. The molecule has 0 radical (unpaired) electrons. The van der Waals surface area contributed by atoms with Gasteiger partial charge in [0.15, 0.2) is 0 Å². The zero-order valence-electron chi connectivity index (χ0n) is 22.7. The van der Waals surface area contributed by atoms with E-state index in [1.807, 2.05) is 6.07 Å². The Kier molecular flexibility index (Phi) is 8.20. The van der Waals surface area contributed by atoms with Crippen LogP contribution in [0.15, 0.2) is 85.0 Å². The second-order valence-corrected chi connectivity index (χ2v) is 10.7. The van der Waals surface area contributed by atoms with Crippen molar-refractivity contribution in [1.29, 1.82) is 0 Å². The van der Waals surface area contributed by atoms with Crippen molar-refractivity contribution in [2.45, 2.75) is 25.6 Å². The van der Waals surface area contributed by atoms with E-state index in [0.29, 0.717) is 59.2 Å². The van der Waals surface area contributed by atoms with Crippen molar-refractivity contribution in [3.63, 3.8) is 0 Å². The van der Waals surface area contributed by atoms with Gasteiger partial charge in [0, 0.05) is 34.9 Å². The third-order valence-electron chi connectivity index (χ3n) is 7.06. The molecule has 0 aromatic heterocycles. The van der Waals surface area contributed by atoms with E-state index in [9.17, 15) is 27.9 Å². The zero-order chi connectivity index (χ0) is 29.9. The Hall–Kier alpha value is -4.41. The van der Waals surface area contributed by atoms with Crippen LogP contribution in [0.3, 0.4) is 0 Å². The molecular weight excluding hydrogens is 549 g/mol. The minimum absolute atomic E-state index is 0.0594. The number of nitrogens with one attached hydrogen (secondary N) is 2. The molecule has 1 saturated heterocycles. The number of rotatable bonds is 8. The quantitative estimate of drug-likeness (QED) is 0.239. The van der Waals surface area contributed by atoms with Gasteiger partial charge in [-0.15, -0.1) is 0 Å². The first-order chi connectivity index (χ1) is 20.0. The average molecular weight is 579 g/mol. The van der Waals surface area contributed by atoms with Crippen LogP contribution >= 0.6 is 0 Å². The lowest BCUT2D eigenvalue weighted by Crippen LogP contribution is -2.44. The van der Waals surface area contributed by atoms with Crippen LogP contribution in [0.5, 0.6) is 5.75 Å². The second-order valence-electron chi connectivity index (χ2n) is 10.7. The Morgan fingerprint density at radius 3 is 2.55 bits per heavy atom. The number of anilines is 2. The third kappa shape index (κ3) is 6.72. The Morgan fingerprint density at radius 2 is 1.86 bits per heavy atom. The van der Waals surface area contributed by atoms with Crippen LogP contribution in [-0.4, -0.2) is 42.8 Å². The molecule has 3 aromatic rings. The van der Waals surface area contributed by atoms with Crippen molar-refractivity contribution in [1.82, 2.24) is 0 Å². The van der Waals surface area contributed by atoms with Crippen LogP contribution < -0.4 is 15.4 Å². The summed E-state index contributed by atoms with van der Waals surface area (Å²) in [4.78, 5) is 24.6. The number of aliphatic hydroxyl groups is 1. The fourth-order valence-corrected chi connectivity index (χ4v) is 4.69. The van der Waals surface area contributed by atoms with E-state index >= 15 is 0 Å². The third-order valence-corrected chi connectivity index (χ3v) is 7.06. The van der Waals surface area contributed by atoms with E-state index in [4.69, 9.17) is 9.47 Å². The number of hydrogen-bond donors (Lipinski definition) is 3. The van der Waals surface area contributed by atoms with Crippen molar-refractivity contribution in [3.05, 3.63) is 107 Å². The largest absolute Gasteiger partial charge is 0.493 e. The average Bonchev–Trinajstić information content (AvgIpc) is 2.94. The highest BCUT2D eigenvalue weighted by Crippen LogP contribution is 2.34. The standard InChI is InChI=1S/C32H29F3N2O5/c1-31(17-41-18-31)19-42-23-6-2-5-21(15-23)24(20-11-13-22(14-12-20)32(33,34)35)7-3-10-29(39)36-26-8-4-9-27-25(26)16-28(38)30(40)37-27/h2-15,28,38H,16-19H2,1H3,(H,36,39)(H,37,40). The molecule has 3 N–H and O–H groups in total. The maximum absolute atomic E-state index is 13.2. The molecule has 2 amide bonds. The molecule has 7 nitrogen and oxygen atoms in total. The number of carbonyl (C=O) groups excluding carboxylic acids is 2. The molecule has 1 fully saturated rings. The lowest BCUT2D eigenvalue weighted by atomic mass is 9.90. The summed E-state index contributed by atoms with van der Waals surface area (Å²) in [5.74, 6) is -0.373. The molecular formula is C32H29F3N2O5. The fourth-order valence-electron chi connectivity index (χ4n) is 4.69. The first kappa shape index (κ1) is 29.1. The number of fused-ring (bicyclic) bond motifs is 1. The SMILES string of the molecule is CC1(COc2cccc(C(=CC=CC(=O)Nc3cccc4c3CC(O)C(=O)N4)c3ccc(C(F)(F)F)cc3)c2)COC1. The maximum Gasteiger partial charge on any atom is 0.416 e. The van der Waals surface area contributed by atoms with Gasteiger partial charge in [0.1, 0.15) is 11.9 Å². The van der Waals surface area contributed by atoms with Gasteiger partial charge in [0.2, 0.25) is 5.91 Å². The van der Waals surface area contributed by atoms with E-state index in [0.717, 1.165) is 12.1 Å². The molecule has 2 aliphatic heterocycles. The summed E-state index contributed by atoms with van der Waals surface area (Å²) < 4.78 is 50.9. The van der Waals surface area contributed by atoms with E-state index in [1.54, 1.807) is 42.5 Å². The Morgan fingerprint density at radius 1 is 1.12 bits per heavy atom. The summed E-state index contributed by atoms with van der Waals surface area (Å²) in [6.07, 6.45) is -1.18. The van der Waals surface area contributed by atoms with Crippen molar-refractivity contribution >= 4 is 28.8 Å². The zero-order valence-corrected chi connectivity index (χ0v) is 22.7. The van der Waals surface area contributed by atoms with Gasteiger partial charge in [-0.1, -0.05) is 49.4 Å². The number of allylic oxidation sites excluding steroid dienone is 2. The smallest absolute Gasteiger partial charge is 0.416 e. The molecule has 0 bridgehead atoms. The fraction of sp³-hybridized carbons (Fsp3) is 0.250. The second kappa shape index (κ2) is 11.8. The summed E-state index contributed by atoms with van der Waals surface area (Å²) in [6, 6.07) is 17.0. The Labute approximate surface area is 240 Å². The summed E-state index contributed by atoms with van der Waals surface area (Å²) in [5.41, 5.74) is 2.52. The van der Waals surface area contributed by atoms with Crippen molar-refractivity contribution in [2.24, 2.45) is 5.41 Å². The monoisotopic (exact) mass is 578 g/mol. The van der Waals surface area contributed by atoms with Gasteiger partial charge in [-0.05, 0) is 53.1 Å². The van der Waals surface area contributed by atoms with Crippen molar-refractivity contribution in [3.8, 4) is 5.75 Å². The van der Waals surface area contributed by atoms with Gasteiger partial charge in [-0.2, -0.15) is 13.2 Å². The Balaban J connectivity index is 1.39. The molecule has 3 aromatic carbocycles. The summed E-state index contributed by atoms with van der Waals surface area (Å²) >= 11 is 0. The molecule has 218 valence electrons. The van der Waals surface area contributed by atoms with Gasteiger partial charge in [-0.25, -0.2) is 0 Å². The molecule has 42 heavy (non-hydrogen) atoms. The van der Waals surface area contributed by atoms with Crippen LogP contribution in [0.2, 0.25) is 0 Å². The highest BCUT2D eigenvalue weighted by atomic mass is 19.4. The van der Waals surface area contributed by atoms with Gasteiger partial charge < -0.3 is 25.2 Å². The number of halogens is 3. The predicted octanol–water partition coefficient (Wildman–Crippen LogP) is 5.60. The van der Waals surface area contributed by atoms with Crippen LogP contribution in [-0.2, 0) is 26.9 Å². The van der Waals surface area contributed by atoms with Gasteiger partial charge >= 0.3 is 6.18 Å². The molecule has 0 aliphatic carbocycles. The maximum atomic E-state index is 13.2. The molecule has 10 heteroatoms. The number of alkyl halides is 3. The van der Waals surface area contributed by atoms with Crippen LogP contribution in [0.1, 0.15) is 29.2 Å². The minimum Gasteiger partial charge on any atom is -0.493 e. The van der Waals surface area contributed by atoms with Crippen molar-refractivity contribution < 1.29 is 37.3 Å². The number of aliphatic hydroxyl groups excluding tert-OH is 1. The summed E-state index contributed by atoms with van der Waals surface area (Å²) in [7, 11) is 0. The highest BCUT2D eigenvalue weighted by Gasteiger charge is 2.34. The van der Waals surface area contributed by atoms with Crippen LogP contribution in [0.25, 0.3) is 5.57 Å². The highest BCUT2D eigenvalue weighted by molar-refractivity contribution is 6.03. The van der Waals surface area contributed by atoms with Crippen molar-refractivity contribution in [2.75, 3.05) is 30.5 Å². The van der Waals surface area contributed by atoms with E-state index < -0.39 is 29.7 Å². The topological polar surface area (TPSA) is 96.9 Å². The first-order valence-corrected chi connectivity index (χ1v) is 13.3. The minimum atomic E-state index is -4.47. The van der Waals surface area contributed by atoms with Gasteiger partial charge in [0.05, 0.1) is 25.4 Å². The normalized spacial score (nSPS) is 18.2. The molecule has 0 saturated carbocycles. The number of ether oxygens (including phenoxy) is 2. The summed E-state index contributed by atoms with van der Waals surface area (Å²) in [6.45, 7) is 3.74. The van der Waals surface area contributed by atoms with E-state index in [-0.39, 0.29) is 11.8 Å². The van der Waals surface area contributed by atoms with E-state index in [1.165, 1.54) is 24.3 Å². The number of benzene rings is 3. The molecule has 1 unspecified atom stereocenters. The van der Waals surface area contributed by atoms with E-state index in [2.05, 4.69) is 17.6 Å². The summed E-state index contributed by atoms with van der Waals surface area (Å²) in [5, 5.41) is 15.3.